The number of carbonyl (C=O) groups excluding carboxylic acids is 1. The summed E-state index contributed by atoms with van der Waals surface area (Å²) in [4.78, 5) is 12.0. The Bertz CT molecular complexity index is 229. The average Bonchev–Trinajstić information content (AvgIpc) is 2.12. The van der Waals surface area contributed by atoms with Gasteiger partial charge in [0.25, 0.3) is 0 Å². The predicted molar refractivity (Wildman–Crippen MR) is 69.1 cm³/mol. The van der Waals surface area contributed by atoms with Gasteiger partial charge in [-0.25, -0.2) is 0 Å². The average molecular weight is 228 g/mol. The lowest BCUT2D eigenvalue weighted by Crippen LogP contribution is -2.47. The van der Waals surface area contributed by atoms with Crippen molar-refractivity contribution in [2.75, 3.05) is 6.54 Å². The van der Waals surface area contributed by atoms with Gasteiger partial charge in [0, 0.05) is 12.1 Å². The molecule has 0 saturated carbocycles. The zero-order valence-corrected chi connectivity index (χ0v) is 11.7. The van der Waals surface area contributed by atoms with Gasteiger partial charge in [0.1, 0.15) is 0 Å². The first kappa shape index (κ1) is 15.4. The molecule has 0 aromatic carbocycles. The molecule has 0 rings (SSSR count). The zero-order valence-electron chi connectivity index (χ0n) is 11.7. The fourth-order valence-electron chi connectivity index (χ4n) is 1.55. The topological polar surface area (TPSA) is 55.1 Å². The van der Waals surface area contributed by atoms with Crippen LogP contribution in [0.3, 0.4) is 0 Å². The van der Waals surface area contributed by atoms with Gasteiger partial charge in [0.05, 0.1) is 5.92 Å². The van der Waals surface area contributed by atoms with Crippen LogP contribution < -0.4 is 11.1 Å². The number of hydrogen-bond acceptors (Lipinski definition) is 2. The quantitative estimate of drug-likeness (QED) is 0.758. The highest BCUT2D eigenvalue weighted by molar-refractivity contribution is 5.79. The highest BCUT2D eigenvalue weighted by atomic mass is 16.2. The van der Waals surface area contributed by atoms with Gasteiger partial charge in [0.15, 0.2) is 0 Å². The highest BCUT2D eigenvalue weighted by Crippen LogP contribution is 2.24. The van der Waals surface area contributed by atoms with Gasteiger partial charge < -0.3 is 11.1 Å². The number of carbonyl (C=O) groups is 1. The molecule has 1 unspecified atom stereocenters. The molecule has 0 fully saturated rings. The number of hydrogen-bond donors (Lipinski definition) is 2. The van der Waals surface area contributed by atoms with Crippen LogP contribution in [-0.4, -0.2) is 18.0 Å². The van der Waals surface area contributed by atoms with E-state index < -0.39 is 0 Å². The summed E-state index contributed by atoms with van der Waals surface area (Å²) in [6, 6.07) is 0. The lowest BCUT2D eigenvalue weighted by atomic mass is 9.84. The van der Waals surface area contributed by atoms with Gasteiger partial charge in [0.2, 0.25) is 5.91 Å². The first-order chi connectivity index (χ1) is 7.11. The van der Waals surface area contributed by atoms with E-state index in [0.717, 1.165) is 12.8 Å². The summed E-state index contributed by atoms with van der Waals surface area (Å²) in [7, 11) is 0. The van der Waals surface area contributed by atoms with E-state index in [-0.39, 0.29) is 22.8 Å². The maximum absolute atomic E-state index is 12.0. The molecule has 1 atom stereocenters. The molecule has 0 spiro atoms. The Morgan fingerprint density at radius 1 is 1.25 bits per heavy atom. The van der Waals surface area contributed by atoms with E-state index in [9.17, 15) is 4.79 Å². The van der Waals surface area contributed by atoms with Gasteiger partial charge in [-0.2, -0.15) is 0 Å². The third kappa shape index (κ3) is 6.11. The number of amides is 1. The zero-order chi connectivity index (χ0) is 13.0. The molecule has 0 aliphatic heterocycles. The van der Waals surface area contributed by atoms with Crippen LogP contribution in [0.15, 0.2) is 0 Å². The highest BCUT2D eigenvalue weighted by Gasteiger charge is 2.27. The minimum atomic E-state index is -0.137. The van der Waals surface area contributed by atoms with Gasteiger partial charge in [-0.1, -0.05) is 27.7 Å². The molecule has 16 heavy (non-hydrogen) atoms. The molecular weight excluding hydrogens is 200 g/mol. The molecule has 0 aliphatic carbocycles. The van der Waals surface area contributed by atoms with Crippen LogP contribution in [0.25, 0.3) is 0 Å². The summed E-state index contributed by atoms with van der Waals surface area (Å²) in [6.07, 6.45) is 1.75. The Balaban J connectivity index is 4.44. The molecule has 0 aromatic rings. The van der Waals surface area contributed by atoms with Crippen LogP contribution in [0.1, 0.15) is 54.4 Å². The monoisotopic (exact) mass is 228 g/mol. The Hall–Kier alpha value is -0.570. The normalized spacial score (nSPS) is 14.7. The van der Waals surface area contributed by atoms with Gasteiger partial charge in [-0.15, -0.1) is 0 Å². The van der Waals surface area contributed by atoms with E-state index in [0.29, 0.717) is 6.54 Å². The summed E-state index contributed by atoms with van der Waals surface area (Å²) >= 11 is 0. The van der Waals surface area contributed by atoms with E-state index in [1.807, 2.05) is 13.8 Å². The second-order valence-corrected chi connectivity index (χ2v) is 6.42. The van der Waals surface area contributed by atoms with Crippen molar-refractivity contribution in [1.29, 1.82) is 0 Å². The molecule has 0 radical (unpaired) electrons. The van der Waals surface area contributed by atoms with Gasteiger partial charge in [-0.3, -0.25) is 4.79 Å². The van der Waals surface area contributed by atoms with Crippen LogP contribution in [0.4, 0.5) is 0 Å². The fourth-order valence-corrected chi connectivity index (χ4v) is 1.55. The van der Waals surface area contributed by atoms with Crippen LogP contribution >= 0.6 is 0 Å². The van der Waals surface area contributed by atoms with Crippen molar-refractivity contribution in [2.24, 2.45) is 17.1 Å². The van der Waals surface area contributed by atoms with Gasteiger partial charge >= 0.3 is 0 Å². The smallest absolute Gasteiger partial charge is 0.224 e. The maximum Gasteiger partial charge on any atom is 0.224 e. The standard InChI is InChI=1S/C13H28N2O/c1-7-13(5,6)15-11(16)10(9-14)8-12(2,3)4/h10H,7-9,14H2,1-6H3,(H,15,16). The van der Waals surface area contributed by atoms with Crippen molar-refractivity contribution >= 4 is 5.91 Å². The molecule has 0 aliphatic rings. The Labute approximate surface area is 100 Å². The van der Waals surface area contributed by atoms with Crippen LogP contribution in [0.2, 0.25) is 0 Å². The third-order valence-electron chi connectivity index (χ3n) is 2.86. The van der Waals surface area contributed by atoms with Crippen LogP contribution in [0, 0.1) is 11.3 Å². The molecule has 0 bridgehead atoms. The van der Waals surface area contributed by atoms with Crippen LogP contribution in [-0.2, 0) is 4.79 Å². The molecule has 0 saturated heterocycles. The van der Waals surface area contributed by atoms with Crippen molar-refractivity contribution in [2.45, 2.75) is 59.9 Å². The van der Waals surface area contributed by atoms with E-state index in [1.165, 1.54) is 0 Å². The van der Waals surface area contributed by atoms with Crippen molar-refractivity contribution < 1.29 is 4.79 Å². The first-order valence-electron chi connectivity index (χ1n) is 6.13. The number of rotatable bonds is 5. The second-order valence-electron chi connectivity index (χ2n) is 6.42. The van der Waals surface area contributed by atoms with Crippen molar-refractivity contribution in [3.63, 3.8) is 0 Å². The lowest BCUT2D eigenvalue weighted by molar-refractivity contribution is -0.127. The van der Waals surface area contributed by atoms with Gasteiger partial charge in [-0.05, 0) is 32.1 Å². The summed E-state index contributed by atoms with van der Waals surface area (Å²) in [5.41, 5.74) is 5.68. The fraction of sp³-hybridized carbons (Fsp3) is 0.923. The summed E-state index contributed by atoms with van der Waals surface area (Å²) in [6.45, 7) is 13.0. The summed E-state index contributed by atoms with van der Waals surface area (Å²) < 4.78 is 0. The molecule has 0 aromatic heterocycles. The van der Waals surface area contributed by atoms with Crippen LogP contribution in [0.5, 0.6) is 0 Å². The molecule has 96 valence electrons. The molecular formula is C13H28N2O. The maximum atomic E-state index is 12.0. The summed E-state index contributed by atoms with van der Waals surface area (Å²) in [5.74, 6) is 0.00935. The molecule has 1 amide bonds. The minimum Gasteiger partial charge on any atom is -0.351 e. The van der Waals surface area contributed by atoms with E-state index in [1.54, 1.807) is 0 Å². The number of nitrogens with one attached hydrogen (secondary N) is 1. The Morgan fingerprint density at radius 3 is 2.06 bits per heavy atom. The van der Waals surface area contributed by atoms with Crippen molar-refractivity contribution in [3.05, 3.63) is 0 Å². The molecule has 3 N–H and O–H groups in total. The van der Waals surface area contributed by atoms with E-state index in [4.69, 9.17) is 5.73 Å². The second kappa shape index (κ2) is 5.67. The van der Waals surface area contributed by atoms with E-state index in [2.05, 4.69) is 33.0 Å². The third-order valence-corrected chi connectivity index (χ3v) is 2.86. The minimum absolute atomic E-state index is 0.0779. The first-order valence-corrected chi connectivity index (χ1v) is 6.13. The molecule has 3 nitrogen and oxygen atoms in total. The largest absolute Gasteiger partial charge is 0.351 e. The predicted octanol–water partition coefficient (Wildman–Crippen LogP) is 2.30. The number of nitrogens with two attached hydrogens (primary N) is 1. The van der Waals surface area contributed by atoms with E-state index >= 15 is 0 Å². The van der Waals surface area contributed by atoms with Crippen molar-refractivity contribution in [3.8, 4) is 0 Å². The SMILES string of the molecule is CCC(C)(C)NC(=O)C(CN)CC(C)(C)C. The molecule has 3 heteroatoms. The Kier molecular flexibility index (Phi) is 5.47. The molecule has 0 heterocycles. The Morgan fingerprint density at radius 2 is 1.75 bits per heavy atom. The lowest BCUT2D eigenvalue weighted by Gasteiger charge is -2.30. The van der Waals surface area contributed by atoms with Crippen molar-refractivity contribution in [1.82, 2.24) is 5.32 Å². The summed E-state index contributed by atoms with van der Waals surface area (Å²) in [5, 5.41) is 3.06.